The van der Waals surface area contributed by atoms with E-state index in [0.29, 0.717) is 24.9 Å². The minimum absolute atomic E-state index is 0.382. The summed E-state index contributed by atoms with van der Waals surface area (Å²) in [5.41, 5.74) is 0. The molecule has 6 heteroatoms. The van der Waals surface area contributed by atoms with E-state index < -0.39 is 18.0 Å². The van der Waals surface area contributed by atoms with Crippen molar-refractivity contribution in [1.82, 2.24) is 15.5 Å². The molecule has 0 aliphatic carbocycles. The molecule has 0 aromatic rings. The Hall–Kier alpha value is -1.30. The van der Waals surface area contributed by atoms with E-state index in [1.54, 1.807) is 6.92 Å². The summed E-state index contributed by atoms with van der Waals surface area (Å²) in [6.07, 6.45) is 1.46. The molecule has 1 fully saturated rings. The molecular formula is C13H25N3O3. The van der Waals surface area contributed by atoms with Gasteiger partial charge < -0.3 is 20.6 Å². The monoisotopic (exact) mass is 271 g/mol. The molecule has 1 aliphatic rings. The highest BCUT2D eigenvalue weighted by molar-refractivity contribution is 5.82. The molecule has 0 spiro atoms. The van der Waals surface area contributed by atoms with Gasteiger partial charge in [0, 0.05) is 19.1 Å². The van der Waals surface area contributed by atoms with E-state index in [1.165, 1.54) is 0 Å². The smallest absolute Gasteiger partial charge is 0.326 e. The number of carboxylic acid groups (broad SMARTS) is 1. The van der Waals surface area contributed by atoms with Crippen LogP contribution in [-0.4, -0.2) is 53.7 Å². The van der Waals surface area contributed by atoms with E-state index in [0.717, 1.165) is 19.5 Å². The Labute approximate surface area is 114 Å². The fraction of sp³-hybridized carbons (Fsp3) is 0.846. The van der Waals surface area contributed by atoms with Crippen molar-refractivity contribution in [2.45, 2.75) is 45.7 Å². The molecular weight excluding hydrogens is 246 g/mol. The zero-order valence-electron chi connectivity index (χ0n) is 12.0. The number of hydrogen-bond acceptors (Lipinski definition) is 3. The van der Waals surface area contributed by atoms with Crippen LogP contribution in [0.2, 0.25) is 0 Å². The van der Waals surface area contributed by atoms with Crippen molar-refractivity contribution in [3.05, 3.63) is 0 Å². The number of carboxylic acids is 1. The molecule has 1 heterocycles. The van der Waals surface area contributed by atoms with Crippen molar-refractivity contribution in [2.75, 3.05) is 19.6 Å². The zero-order valence-corrected chi connectivity index (χ0v) is 12.0. The molecule has 6 nitrogen and oxygen atoms in total. The molecule has 2 atom stereocenters. The van der Waals surface area contributed by atoms with Crippen molar-refractivity contribution in [2.24, 2.45) is 5.92 Å². The lowest BCUT2D eigenvalue weighted by molar-refractivity contribution is -0.139. The maximum Gasteiger partial charge on any atom is 0.326 e. The van der Waals surface area contributed by atoms with E-state index >= 15 is 0 Å². The normalized spacial score (nSPS) is 21.4. The average Bonchev–Trinajstić information content (AvgIpc) is 2.82. The minimum Gasteiger partial charge on any atom is -0.480 e. The van der Waals surface area contributed by atoms with Crippen molar-refractivity contribution in [1.29, 1.82) is 0 Å². The lowest BCUT2D eigenvalue weighted by atomic mass is 10.1. The number of rotatable bonds is 6. The number of carbonyl (C=O) groups excluding carboxylic acids is 1. The Morgan fingerprint density at radius 3 is 2.58 bits per heavy atom. The molecule has 0 saturated carbocycles. The van der Waals surface area contributed by atoms with Gasteiger partial charge in [-0.25, -0.2) is 9.59 Å². The van der Waals surface area contributed by atoms with Gasteiger partial charge >= 0.3 is 12.0 Å². The number of likely N-dealkylation sites (tertiary alicyclic amines) is 1. The highest BCUT2D eigenvalue weighted by Gasteiger charge is 2.25. The highest BCUT2D eigenvalue weighted by Crippen LogP contribution is 2.17. The summed E-state index contributed by atoms with van der Waals surface area (Å²) >= 11 is 0. The molecule has 1 aliphatic heterocycles. The minimum atomic E-state index is -0.996. The van der Waals surface area contributed by atoms with Crippen LogP contribution in [0, 0.1) is 5.92 Å². The van der Waals surface area contributed by atoms with Crippen LogP contribution in [0.1, 0.15) is 33.6 Å². The van der Waals surface area contributed by atoms with Crippen molar-refractivity contribution in [3.63, 3.8) is 0 Å². The Bertz CT molecular complexity index is 320. The molecule has 1 saturated heterocycles. The molecule has 0 bridgehead atoms. The van der Waals surface area contributed by atoms with Crippen molar-refractivity contribution >= 4 is 12.0 Å². The summed E-state index contributed by atoms with van der Waals surface area (Å²) in [6, 6.07) is -0.664. The SMILES string of the molecule is CC[C@H](NC(=O)NCC1CCN(C(C)C)C1)C(=O)O. The van der Waals surface area contributed by atoms with Crippen LogP contribution < -0.4 is 10.6 Å². The maximum atomic E-state index is 11.6. The first-order valence-electron chi connectivity index (χ1n) is 6.95. The molecule has 0 aromatic carbocycles. The molecule has 19 heavy (non-hydrogen) atoms. The molecule has 2 amide bonds. The molecule has 1 rings (SSSR count). The number of hydrogen-bond donors (Lipinski definition) is 3. The molecule has 1 unspecified atom stereocenters. The van der Waals surface area contributed by atoms with E-state index in [9.17, 15) is 9.59 Å². The number of nitrogens with one attached hydrogen (secondary N) is 2. The number of aliphatic carboxylic acids is 1. The largest absolute Gasteiger partial charge is 0.480 e. The third-order valence-corrected chi connectivity index (χ3v) is 3.61. The summed E-state index contributed by atoms with van der Waals surface area (Å²) in [4.78, 5) is 24.8. The fourth-order valence-electron chi connectivity index (χ4n) is 2.28. The van der Waals surface area contributed by atoms with Crippen LogP contribution in [-0.2, 0) is 4.79 Å². The fourth-order valence-corrected chi connectivity index (χ4v) is 2.28. The molecule has 0 aromatic heterocycles. The number of amides is 2. The quantitative estimate of drug-likeness (QED) is 0.670. The van der Waals surface area contributed by atoms with E-state index in [2.05, 4.69) is 29.4 Å². The van der Waals surface area contributed by atoms with Crippen LogP contribution in [0.4, 0.5) is 4.79 Å². The first-order chi connectivity index (χ1) is 8.93. The Morgan fingerprint density at radius 2 is 2.11 bits per heavy atom. The number of carbonyl (C=O) groups is 2. The van der Waals surface area contributed by atoms with Gasteiger partial charge in [0.05, 0.1) is 0 Å². The first-order valence-corrected chi connectivity index (χ1v) is 6.95. The van der Waals surface area contributed by atoms with Crippen LogP contribution in [0.3, 0.4) is 0 Å². The Morgan fingerprint density at radius 1 is 1.42 bits per heavy atom. The summed E-state index contributed by atoms with van der Waals surface area (Å²) < 4.78 is 0. The maximum absolute atomic E-state index is 11.6. The van der Waals surface area contributed by atoms with Gasteiger partial charge in [0.15, 0.2) is 0 Å². The highest BCUT2D eigenvalue weighted by atomic mass is 16.4. The molecule has 3 N–H and O–H groups in total. The third-order valence-electron chi connectivity index (χ3n) is 3.61. The number of nitrogens with zero attached hydrogens (tertiary/aromatic N) is 1. The second-order valence-electron chi connectivity index (χ2n) is 5.40. The van der Waals surface area contributed by atoms with Gasteiger partial charge in [-0.1, -0.05) is 6.92 Å². The van der Waals surface area contributed by atoms with Gasteiger partial charge in [-0.3, -0.25) is 0 Å². The summed E-state index contributed by atoms with van der Waals surface area (Å²) in [6.45, 7) is 8.73. The summed E-state index contributed by atoms with van der Waals surface area (Å²) in [7, 11) is 0. The van der Waals surface area contributed by atoms with Gasteiger partial charge in [0.2, 0.25) is 0 Å². The van der Waals surface area contributed by atoms with Gasteiger partial charge in [0.25, 0.3) is 0 Å². The first kappa shape index (κ1) is 15.8. The average molecular weight is 271 g/mol. The summed E-state index contributed by atoms with van der Waals surface area (Å²) in [5.74, 6) is -0.539. The number of urea groups is 1. The van der Waals surface area contributed by atoms with Gasteiger partial charge in [0.1, 0.15) is 6.04 Å². The second-order valence-corrected chi connectivity index (χ2v) is 5.40. The second kappa shape index (κ2) is 7.33. The van der Waals surface area contributed by atoms with Crippen molar-refractivity contribution in [3.8, 4) is 0 Å². The van der Waals surface area contributed by atoms with E-state index in [1.807, 2.05) is 0 Å². The predicted octanol–water partition coefficient (Wildman–Crippen LogP) is 0.879. The predicted molar refractivity (Wildman–Crippen MR) is 73.1 cm³/mol. The van der Waals surface area contributed by atoms with Crippen molar-refractivity contribution < 1.29 is 14.7 Å². The molecule has 0 radical (unpaired) electrons. The summed E-state index contributed by atoms with van der Waals surface area (Å²) in [5, 5.41) is 14.1. The van der Waals surface area contributed by atoms with E-state index in [4.69, 9.17) is 5.11 Å². The van der Waals surface area contributed by atoms with Gasteiger partial charge in [-0.05, 0) is 39.2 Å². The molecule has 110 valence electrons. The van der Waals surface area contributed by atoms with Crippen LogP contribution in [0.25, 0.3) is 0 Å². The topological polar surface area (TPSA) is 81.7 Å². The van der Waals surface area contributed by atoms with Crippen LogP contribution in [0.5, 0.6) is 0 Å². The van der Waals surface area contributed by atoms with E-state index in [-0.39, 0.29) is 0 Å². The standard InChI is InChI=1S/C13H25N3O3/c1-4-11(12(17)18)15-13(19)14-7-10-5-6-16(8-10)9(2)3/h9-11H,4-8H2,1-3H3,(H,17,18)(H2,14,15,19)/t10?,11-/m0/s1. The van der Waals surface area contributed by atoms with Crippen LogP contribution >= 0.6 is 0 Å². The zero-order chi connectivity index (χ0) is 14.4. The van der Waals surface area contributed by atoms with Gasteiger partial charge in [-0.2, -0.15) is 0 Å². The van der Waals surface area contributed by atoms with Gasteiger partial charge in [-0.15, -0.1) is 0 Å². The third kappa shape index (κ3) is 5.06. The lowest BCUT2D eigenvalue weighted by Crippen LogP contribution is -2.47. The van der Waals surface area contributed by atoms with Crippen LogP contribution in [0.15, 0.2) is 0 Å². The Balaban J connectivity index is 2.26. The lowest BCUT2D eigenvalue weighted by Gasteiger charge is -2.20. The Kier molecular flexibility index (Phi) is 6.08.